The van der Waals surface area contributed by atoms with Gasteiger partial charge in [0.25, 0.3) is 0 Å². The van der Waals surface area contributed by atoms with E-state index in [1.165, 1.54) is 64.2 Å². The Balaban J connectivity index is 1.45. The van der Waals surface area contributed by atoms with Gasteiger partial charge >= 0.3 is 0 Å². The molecule has 0 bridgehead atoms. The summed E-state index contributed by atoms with van der Waals surface area (Å²) in [6.07, 6.45) is 16.5. The molecule has 0 aromatic heterocycles. The lowest BCUT2D eigenvalue weighted by molar-refractivity contribution is -0.129. The van der Waals surface area contributed by atoms with E-state index in [4.69, 9.17) is 0 Å². The Kier molecular flexibility index (Phi) is 6.72. The van der Waals surface area contributed by atoms with Gasteiger partial charge in [-0.25, -0.2) is 0 Å². The Morgan fingerprint density at radius 1 is 0.833 bits per heavy atom. The summed E-state index contributed by atoms with van der Waals surface area (Å²) in [7, 11) is 0. The molecule has 0 spiro atoms. The van der Waals surface area contributed by atoms with E-state index in [9.17, 15) is 5.11 Å². The van der Waals surface area contributed by atoms with Gasteiger partial charge in [0.1, 0.15) is 0 Å². The van der Waals surface area contributed by atoms with E-state index < -0.39 is 0 Å². The molecule has 0 unspecified atom stereocenters. The highest BCUT2D eigenvalue weighted by Gasteiger charge is 2.60. The minimum absolute atomic E-state index is 0.0111. The summed E-state index contributed by atoms with van der Waals surface area (Å²) in [6, 6.07) is 0. The van der Waals surface area contributed by atoms with E-state index in [0.717, 1.165) is 60.2 Å². The van der Waals surface area contributed by atoms with Crippen molar-refractivity contribution in [1.29, 1.82) is 0 Å². The van der Waals surface area contributed by atoms with Crippen molar-refractivity contribution in [3.8, 4) is 0 Å². The molecule has 1 N–H and O–H groups in total. The zero-order valence-electron chi connectivity index (χ0n) is 21.1. The summed E-state index contributed by atoms with van der Waals surface area (Å²) in [6.45, 7) is 15.2. The third-order valence-electron chi connectivity index (χ3n) is 11.9. The number of fused-ring (bicyclic) bond motifs is 5. The molecular formula is C29H52O. The maximum atomic E-state index is 10.3. The predicted molar refractivity (Wildman–Crippen MR) is 128 cm³/mol. The average molecular weight is 417 g/mol. The van der Waals surface area contributed by atoms with Gasteiger partial charge in [0.15, 0.2) is 0 Å². The molecule has 1 heteroatoms. The van der Waals surface area contributed by atoms with Crippen LogP contribution in [0.2, 0.25) is 0 Å². The predicted octanol–water partition coefficient (Wildman–Crippen LogP) is 8.10. The molecule has 4 saturated carbocycles. The van der Waals surface area contributed by atoms with Crippen LogP contribution in [0.4, 0.5) is 0 Å². The van der Waals surface area contributed by atoms with Crippen molar-refractivity contribution in [1.82, 2.24) is 0 Å². The third-order valence-corrected chi connectivity index (χ3v) is 11.9. The van der Waals surface area contributed by atoms with Crippen molar-refractivity contribution in [2.75, 3.05) is 0 Å². The maximum Gasteiger partial charge on any atom is 0.0543 e. The Morgan fingerprint density at radius 3 is 2.23 bits per heavy atom. The first-order valence-electron chi connectivity index (χ1n) is 13.9. The van der Waals surface area contributed by atoms with Crippen molar-refractivity contribution >= 4 is 0 Å². The van der Waals surface area contributed by atoms with Gasteiger partial charge in [0.2, 0.25) is 0 Å². The Bertz CT molecular complexity index is 583. The largest absolute Gasteiger partial charge is 0.393 e. The van der Waals surface area contributed by atoms with Crippen LogP contribution in [0, 0.1) is 58.2 Å². The fraction of sp³-hybridized carbons (Fsp3) is 1.00. The van der Waals surface area contributed by atoms with Gasteiger partial charge in [-0.15, -0.1) is 0 Å². The summed E-state index contributed by atoms with van der Waals surface area (Å²) in [5.41, 5.74) is 1.14. The summed E-state index contributed by atoms with van der Waals surface area (Å²) in [4.78, 5) is 0. The van der Waals surface area contributed by atoms with Crippen molar-refractivity contribution < 1.29 is 5.11 Å². The van der Waals surface area contributed by atoms with E-state index in [1.807, 2.05) is 0 Å². The molecule has 4 aliphatic carbocycles. The molecule has 4 rings (SSSR count). The second-order valence-corrected chi connectivity index (χ2v) is 13.3. The molecule has 4 fully saturated rings. The van der Waals surface area contributed by atoms with Crippen LogP contribution in [0.15, 0.2) is 0 Å². The van der Waals surface area contributed by atoms with Gasteiger partial charge in [0, 0.05) is 0 Å². The lowest BCUT2D eigenvalue weighted by Gasteiger charge is -2.61. The Hall–Kier alpha value is -0.0400. The second-order valence-electron chi connectivity index (χ2n) is 13.3. The molecule has 0 heterocycles. The van der Waals surface area contributed by atoms with E-state index in [0.29, 0.717) is 10.8 Å². The van der Waals surface area contributed by atoms with Crippen molar-refractivity contribution in [3.05, 3.63) is 0 Å². The summed E-state index contributed by atoms with van der Waals surface area (Å²) >= 11 is 0. The highest BCUT2D eigenvalue weighted by Crippen LogP contribution is 2.68. The smallest absolute Gasteiger partial charge is 0.0543 e. The molecule has 4 aliphatic rings. The first-order valence-corrected chi connectivity index (χ1v) is 13.9. The summed E-state index contributed by atoms with van der Waals surface area (Å²) in [5, 5.41) is 10.3. The molecule has 0 saturated heterocycles. The van der Waals surface area contributed by atoms with E-state index in [-0.39, 0.29) is 6.10 Å². The van der Waals surface area contributed by atoms with Crippen molar-refractivity contribution in [3.63, 3.8) is 0 Å². The van der Waals surface area contributed by atoms with Crippen LogP contribution >= 0.6 is 0 Å². The molecule has 0 amide bonds. The number of hydrogen-bond acceptors (Lipinski definition) is 1. The monoisotopic (exact) mass is 416 g/mol. The van der Waals surface area contributed by atoms with Gasteiger partial charge in [0.05, 0.1) is 6.10 Å². The lowest BCUT2D eigenvalue weighted by atomic mass is 9.44. The van der Waals surface area contributed by atoms with Gasteiger partial charge in [-0.2, -0.15) is 0 Å². The molecule has 0 aromatic carbocycles. The molecule has 10 atom stereocenters. The zero-order valence-corrected chi connectivity index (χ0v) is 21.1. The highest BCUT2D eigenvalue weighted by atomic mass is 16.3. The van der Waals surface area contributed by atoms with Gasteiger partial charge in [-0.1, -0.05) is 54.4 Å². The number of hydrogen-bond donors (Lipinski definition) is 1. The SMILES string of the molecule is CC[C@@H](CC[C@@H](C)[C@H]1CC[C@H]2[C@@H]3CC[C@H]4C[C@H](O)CC[C@]4(C)[C@H]3CC[C@]12C)C(C)C. The fourth-order valence-corrected chi connectivity index (χ4v) is 9.90. The van der Waals surface area contributed by atoms with Crippen LogP contribution in [-0.4, -0.2) is 11.2 Å². The number of aliphatic hydroxyl groups is 1. The minimum atomic E-state index is -0.0111. The van der Waals surface area contributed by atoms with Crippen LogP contribution < -0.4 is 0 Å². The van der Waals surface area contributed by atoms with E-state index in [1.54, 1.807) is 0 Å². The van der Waals surface area contributed by atoms with Crippen LogP contribution in [-0.2, 0) is 0 Å². The quantitative estimate of drug-likeness (QED) is 0.463. The Labute approximate surface area is 188 Å². The topological polar surface area (TPSA) is 20.2 Å². The van der Waals surface area contributed by atoms with Crippen LogP contribution in [0.5, 0.6) is 0 Å². The standard InChI is InChI=1S/C29H52O/c1-7-21(19(2)3)9-8-20(4)25-12-13-26-24-11-10-22-18-23(30)14-16-28(22,5)27(24)15-17-29(25,26)6/h19-27,30H,7-18H2,1-6H3/t20-,21+,22+,23-,24+,25-,26+,27+,28+,29-/m1/s1. The van der Waals surface area contributed by atoms with Gasteiger partial charge in [-0.3, -0.25) is 0 Å². The zero-order chi connectivity index (χ0) is 21.7. The molecule has 1 nitrogen and oxygen atoms in total. The molecule has 174 valence electrons. The maximum absolute atomic E-state index is 10.3. The van der Waals surface area contributed by atoms with Crippen LogP contribution in [0.3, 0.4) is 0 Å². The Morgan fingerprint density at radius 2 is 1.53 bits per heavy atom. The summed E-state index contributed by atoms with van der Waals surface area (Å²) in [5.74, 6) is 7.34. The van der Waals surface area contributed by atoms with E-state index in [2.05, 4.69) is 41.5 Å². The van der Waals surface area contributed by atoms with Crippen LogP contribution in [0.1, 0.15) is 119 Å². The normalized spacial score (nSPS) is 48.0. The molecule has 30 heavy (non-hydrogen) atoms. The highest BCUT2D eigenvalue weighted by molar-refractivity contribution is 5.09. The van der Waals surface area contributed by atoms with E-state index >= 15 is 0 Å². The first-order chi connectivity index (χ1) is 14.2. The number of rotatable bonds is 6. The lowest BCUT2D eigenvalue weighted by Crippen LogP contribution is -2.54. The molecule has 0 aliphatic heterocycles. The van der Waals surface area contributed by atoms with Gasteiger partial charge < -0.3 is 5.11 Å². The van der Waals surface area contributed by atoms with Crippen molar-refractivity contribution in [2.24, 2.45) is 58.2 Å². The van der Waals surface area contributed by atoms with Crippen LogP contribution in [0.25, 0.3) is 0 Å². The molecule has 0 aromatic rings. The second kappa shape index (κ2) is 8.72. The summed E-state index contributed by atoms with van der Waals surface area (Å²) < 4.78 is 0. The molecular weight excluding hydrogens is 364 g/mol. The van der Waals surface area contributed by atoms with Gasteiger partial charge in [-0.05, 0) is 122 Å². The number of aliphatic hydroxyl groups excluding tert-OH is 1. The first kappa shape index (κ1) is 23.1. The fourth-order valence-electron chi connectivity index (χ4n) is 9.90. The third kappa shape index (κ3) is 3.82. The molecule has 0 radical (unpaired) electrons. The van der Waals surface area contributed by atoms with Crippen molar-refractivity contribution in [2.45, 2.75) is 125 Å². The minimum Gasteiger partial charge on any atom is -0.393 e. The average Bonchev–Trinajstić information content (AvgIpc) is 3.06.